The summed E-state index contributed by atoms with van der Waals surface area (Å²) in [6.07, 6.45) is 13.4. The molecule has 1 aliphatic rings. The molecule has 1 aliphatic heterocycles. The van der Waals surface area contributed by atoms with Crippen molar-refractivity contribution < 1.29 is 53.6 Å². The molecule has 0 aromatic heterocycles. The van der Waals surface area contributed by atoms with Crippen molar-refractivity contribution in [3.05, 3.63) is 47.5 Å². The van der Waals surface area contributed by atoms with Gasteiger partial charge in [0.05, 0.1) is 13.2 Å². The number of nitrogens with two attached hydrogens (primary N) is 2. The third-order valence-corrected chi connectivity index (χ3v) is 11.8. The number of likely N-dealkylation sites (N-methyl/N-ethyl adjacent to an activating group) is 2. The van der Waals surface area contributed by atoms with Gasteiger partial charge in [-0.1, -0.05) is 96.1 Å². The number of esters is 1. The molecule has 2 aromatic carbocycles. The summed E-state index contributed by atoms with van der Waals surface area (Å²) in [4.78, 5) is 95.5. The van der Waals surface area contributed by atoms with Crippen LogP contribution in [0.2, 0.25) is 0 Å². The summed E-state index contributed by atoms with van der Waals surface area (Å²) < 4.78 is 5.30. The molecule has 4 bridgehead atoms. The monoisotopic (exact) mass is 939 g/mol. The normalized spacial score (nSPS) is 17.4. The number of nitrogens with zero attached hydrogens (tertiary/aromatic N) is 2. The van der Waals surface area contributed by atoms with Gasteiger partial charge in [-0.3, -0.25) is 28.8 Å². The molecule has 11 N–H and O–H groups in total. The Kier molecular flexibility index (Phi) is 23.5. The fraction of sp³-hybridized carbons (Fsp3) is 0.604. The van der Waals surface area contributed by atoms with Gasteiger partial charge in [-0.25, -0.2) is 4.79 Å². The zero-order valence-electron chi connectivity index (χ0n) is 39.8. The van der Waals surface area contributed by atoms with E-state index in [1.807, 2.05) is 0 Å². The number of hydrogen-bond donors (Lipinski definition) is 9. The van der Waals surface area contributed by atoms with Gasteiger partial charge in [0.15, 0.2) is 6.17 Å². The van der Waals surface area contributed by atoms with E-state index in [0.717, 1.165) is 35.5 Å². The van der Waals surface area contributed by atoms with Gasteiger partial charge in [-0.05, 0) is 55.7 Å². The maximum Gasteiger partial charge on any atom is 0.329 e. The van der Waals surface area contributed by atoms with E-state index in [4.69, 9.17) is 16.2 Å². The maximum absolute atomic E-state index is 14.0. The predicted molar refractivity (Wildman–Crippen MR) is 252 cm³/mol. The van der Waals surface area contributed by atoms with E-state index in [0.29, 0.717) is 12.0 Å². The number of aliphatic hydroxyl groups is 1. The molecule has 0 radical (unpaired) electrons. The fourth-order valence-corrected chi connectivity index (χ4v) is 7.70. The van der Waals surface area contributed by atoms with Crippen molar-refractivity contribution in [2.75, 3.05) is 33.9 Å². The van der Waals surface area contributed by atoms with Crippen LogP contribution in [-0.4, -0.2) is 131 Å². The van der Waals surface area contributed by atoms with Gasteiger partial charge in [-0.15, -0.1) is 0 Å². The Morgan fingerprint density at radius 1 is 0.791 bits per heavy atom. The van der Waals surface area contributed by atoms with Crippen molar-refractivity contribution in [1.29, 1.82) is 0 Å². The minimum Gasteiger partial charge on any atom is -0.507 e. The van der Waals surface area contributed by atoms with Crippen molar-refractivity contribution in [3.8, 4) is 22.6 Å². The van der Waals surface area contributed by atoms with Gasteiger partial charge in [0.2, 0.25) is 29.5 Å². The Morgan fingerprint density at radius 3 is 1.94 bits per heavy atom. The molecule has 1 heterocycles. The van der Waals surface area contributed by atoms with Gasteiger partial charge >= 0.3 is 5.97 Å². The van der Waals surface area contributed by atoms with Crippen LogP contribution in [0.5, 0.6) is 11.5 Å². The molecule has 67 heavy (non-hydrogen) atoms. The average molecular weight is 939 g/mol. The average Bonchev–Trinajstić information content (AvgIpc) is 3.29. The third-order valence-electron chi connectivity index (χ3n) is 11.8. The van der Waals surface area contributed by atoms with Crippen LogP contribution in [-0.2, 0) is 44.7 Å². The van der Waals surface area contributed by atoms with Crippen LogP contribution in [0, 0.1) is 0 Å². The molecule has 2 aromatic rings. The number of amides is 6. The van der Waals surface area contributed by atoms with Gasteiger partial charge in [0, 0.05) is 44.1 Å². The van der Waals surface area contributed by atoms with E-state index in [1.165, 1.54) is 109 Å². The highest BCUT2D eigenvalue weighted by molar-refractivity contribution is 5.96. The van der Waals surface area contributed by atoms with Gasteiger partial charge in [0.25, 0.3) is 5.91 Å². The van der Waals surface area contributed by atoms with Crippen LogP contribution in [0.25, 0.3) is 11.1 Å². The fourth-order valence-electron chi connectivity index (χ4n) is 7.70. The summed E-state index contributed by atoms with van der Waals surface area (Å²) >= 11 is 0. The van der Waals surface area contributed by atoms with E-state index >= 15 is 0 Å². The lowest BCUT2D eigenvalue weighted by atomic mass is 9.94. The first-order valence-electron chi connectivity index (χ1n) is 23.5. The molecule has 372 valence electrons. The second kappa shape index (κ2) is 28.4. The van der Waals surface area contributed by atoms with Crippen molar-refractivity contribution in [3.63, 3.8) is 0 Å². The zero-order valence-corrected chi connectivity index (χ0v) is 39.8. The van der Waals surface area contributed by atoms with Crippen LogP contribution in [0.4, 0.5) is 0 Å². The minimum absolute atomic E-state index is 0.0730. The molecule has 0 saturated carbocycles. The second-order valence-electron chi connectivity index (χ2n) is 17.5. The zero-order chi connectivity index (χ0) is 49.6. The number of carbonyl (C=O) groups is 7. The number of ether oxygens (including phenoxy) is 1. The van der Waals surface area contributed by atoms with Crippen LogP contribution in [0.1, 0.15) is 128 Å². The highest BCUT2D eigenvalue weighted by atomic mass is 16.5. The first-order chi connectivity index (χ1) is 31.9. The number of fused-ring (bicyclic) bond motifs is 5. The molecule has 0 spiro atoms. The van der Waals surface area contributed by atoms with Gasteiger partial charge < -0.3 is 62.6 Å². The van der Waals surface area contributed by atoms with Gasteiger partial charge in [0.1, 0.15) is 42.3 Å². The molecule has 6 amide bonds. The number of hydrogen-bond acceptors (Lipinski definition) is 13. The lowest BCUT2D eigenvalue weighted by molar-refractivity contribution is -0.148. The molecule has 0 unspecified atom stereocenters. The molecule has 0 fully saturated rings. The molecule has 19 heteroatoms. The molecule has 3 rings (SSSR count). The van der Waals surface area contributed by atoms with Crippen LogP contribution < -0.4 is 32.7 Å². The Morgan fingerprint density at radius 2 is 1.36 bits per heavy atom. The van der Waals surface area contributed by atoms with Crippen LogP contribution in [0.3, 0.4) is 0 Å². The molecular weight excluding hydrogens is 865 g/mol. The quantitative estimate of drug-likeness (QED) is 0.0394. The summed E-state index contributed by atoms with van der Waals surface area (Å²) in [6.45, 7) is 3.62. The number of unbranched alkanes of at least 4 members (excludes halogenated alkanes) is 12. The number of carbonyl (C=O) groups excluding carboxylic acids is 7. The lowest BCUT2D eigenvalue weighted by Gasteiger charge is -2.30. The number of aliphatic hydroxyl groups excluding tert-OH is 1. The van der Waals surface area contributed by atoms with Gasteiger partial charge in [-0.2, -0.15) is 0 Å². The maximum atomic E-state index is 14.0. The Bertz CT molecular complexity index is 1980. The SMILES string of the molecule is CCCCCCCCCCCCCCCC(=O)N(C)[C@H](CO)C(=O)N[C@H](N)C(=O)NCC(=O)N(C)[C@@H]1C(=O)N[C@@H](C)C(=O)N[C@H](C(=O)OC[C@H](C)N)Cc2ccc(O)c(c2)-c2cc1ccc2O. The lowest BCUT2D eigenvalue weighted by Crippen LogP contribution is -2.59. The number of nitrogens with one attached hydrogen (secondary N) is 4. The van der Waals surface area contributed by atoms with Crippen molar-refractivity contribution in [2.24, 2.45) is 11.5 Å². The third kappa shape index (κ3) is 17.7. The topological polar surface area (TPSA) is 296 Å². The molecule has 0 aliphatic carbocycles. The van der Waals surface area contributed by atoms with E-state index in [-0.39, 0.29) is 53.5 Å². The first kappa shape index (κ1) is 55.5. The Labute approximate surface area is 394 Å². The summed E-state index contributed by atoms with van der Waals surface area (Å²) in [6, 6.07) is 2.57. The molecule has 0 saturated heterocycles. The van der Waals surface area contributed by atoms with Crippen molar-refractivity contribution >= 4 is 41.4 Å². The Balaban J connectivity index is 1.64. The van der Waals surface area contributed by atoms with E-state index in [1.54, 1.807) is 6.92 Å². The summed E-state index contributed by atoms with van der Waals surface area (Å²) in [5.74, 6) is -6.04. The van der Waals surface area contributed by atoms with Crippen molar-refractivity contribution in [2.45, 2.75) is 153 Å². The predicted octanol–water partition coefficient (Wildman–Crippen LogP) is 2.52. The van der Waals surface area contributed by atoms with E-state index < -0.39 is 85.0 Å². The largest absolute Gasteiger partial charge is 0.507 e. The molecule has 6 atom stereocenters. The van der Waals surface area contributed by atoms with E-state index in [2.05, 4.69) is 28.2 Å². The molecular formula is C48H74N8O11. The van der Waals surface area contributed by atoms with Crippen LogP contribution >= 0.6 is 0 Å². The summed E-state index contributed by atoms with van der Waals surface area (Å²) in [7, 11) is 2.65. The van der Waals surface area contributed by atoms with Crippen molar-refractivity contribution in [1.82, 2.24) is 31.1 Å². The first-order valence-corrected chi connectivity index (χ1v) is 23.5. The smallest absolute Gasteiger partial charge is 0.329 e. The Hall–Kier alpha value is -5.79. The van der Waals surface area contributed by atoms with E-state index in [9.17, 15) is 48.9 Å². The second-order valence-corrected chi connectivity index (χ2v) is 17.5. The summed E-state index contributed by atoms with van der Waals surface area (Å²) in [5.41, 5.74) is 12.5. The number of benzene rings is 2. The highest BCUT2D eigenvalue weighted by Gasteiger charge is 2.34. The number of aromatic hydroxyl groups is 2. The number of rotatable bonds is 25. The standard InChI is InChI=1S/C48H74N8O11/c1-6-7-8-9-10-11-12-13-14-15-16-17-18-19-40(60)55(4)37(28-57)45(63)54-43(50)47(65)51-27-41(61)56(5)42-33-21-23-39(59)35(26-33)34-24-32(20-22-38(34)58)25-36(48(66)67-29-30(2)49)53-44(62)31(3)52-46(42)64/h20-24,26,30-31,36-37,42-43,57-59H,6-19,25,27-29,49-50H2,1-5H3,(H,51,65)(H,52,64)(H,53,62)(H,54,63)/t30-,31-,36-,37+,42-,43-/m0/s1. The highest BCUT2D eigenvalue weighted by Crippen LogP contribution is 2.38. The summed E-state index contributed by atoms with van der Waals surface area (Å²) in [5, 5.41) is 41.7. The number of phenolic OH excluding ortho intramolecular Hbond substituents is 2. The number of phenols is 2. The van der Waals surface area contributed by atoms with Crippen LogP contribution in [0.15, 0.2) is 36.4 Å². The minimum atomic E-state index is -1.70. The molecule has 19 nitrogen and oxygen atoms in total.